The average molecular weight is 368 g/mol. The van der Waals surface area contributed by atoms with Gasteiger partial charge in [0.25, 0.3) is 0 Å². The number of rotatable bonds is 4. The fraction of sp³-hybridized carbons (Fsp3) is 0.722. The van der Waals surface area contributed by atoms with Gasteiger partial charge in [-0.15, -0.1) is 11.3 Å². The topological polar surface area (TPSA) is 68.7 Å². The molecule has 1 saturated heterocycles. The molecule has 6 nitrogen and oxygen atoms in total. The molecule has 1 aliphatic rings. The second kappa shape index (κ2) is 7.72. The smallest absolute Gasteiger partial charge is 0.410 e. The van der Waals surface area contributed by atoms with Crippen molar-refractivity contribution in [1.82, 2.24) is 9.88 Å². The Bertz CT molecular complexity index is 613. The summed E-state index contributed by atoms with van der Waals surface area (Å²) in [6.07, 6.45) is 3.27. The summed E-state index contributed by atoms with van der Waals surface area (Å²) in [7, 11) is 0. The van der Waals surface area contributed by atoms with Crippen LogP contribution in [0.1, 0.15) is 50.4 Å². The molecule has 1 aromatic rings. The number of amides is 1. The number of aryl methyl sites for hydroxylation is 1. The molecule has 0 unspecified atom stereocenters. The van der Waals surface area contributed by atoms with E-state index in [2.05, 4.69) is 4.98 Å². The Kier molecular flexibility index (Phi) is 6.08. The minimum absolute atomic E-state index is 0.176. The van der Waals surface area contributed by atoms with Crippen LogP contribution in [0.25, 0.3) is 0 Å². The summed E-state index contributed by atoms with van der Waals surface area (Å²) >= 11 is 1.61. The first kappa shape index (κ1) is 19.7. The number of hydrogen-bond acceptors (Lipinski definition) is 6. The highest BCUT2D eigenvalue weighted by molar-refractivity contribution is 7.11. The molecule has 0 aliphatic carbocycles. The first-order valence-electron chi connectivity index (χ1n) is 8.72. The highest BCUT2D eigenvalue weighted by Crippen LogP contribution is 2.38. The van der Waals surface area contributed by atoms with Gasteiger partial charge in [0, 0.05) is 24.2 Å². The van der Waals surface area contributed by atoms with Crippen LogP contribution in [0.2, 0.25) is 0 Å². The Morgan fingerprint density at radius 3 is 2.44 bits per heavy atom. The first-order valence-corrected chi connectivity index (χ1v) is 9.53. The zero-order valence-electron chi connectivity index (χ0n) is 15.8. The molecule has 0 saturated carbocycles. The van der Waals surface area contributed by atoms with Gasteiger partial charge in [0.2, 0.25) is 0 Å². The molecular weight excluding hydrogens is 340 g/mol. The molecule has 25 heavy (non-hydrogen) atoms. The normalized spacial score (nSPS) is 17.2. The first-order chi connectivity index (χ1) is 11.6. The predicted octanol–water partition coefficient (Wildman–Crippen LogP) is 3.57. The lowest BCUT2D eigenvalue weighted by molar-refractivity contribution is -0.158. The van der Waals surface area contributed by atoms with E-state index in [-0.39, 0.29) is 12.1 Å². The zero-order valence-corrected chi connectivity index (χ0v) is 16.6. The predicted molar refractivity (Wildman–Crippen MR) is 96.7 cm³/mol. The third kappa shape index (κ3) is 5.17. The van der Waals surface area contributed by atoms with Crippen LogP contribution in [0, 0.1) is 12.3 Å². The van der Waals surface area contributed by atoms with E-state index in [9.17, 15) is 9.59 Å². The third-order valence-corrected chi connectivity index (χ3v) is 5.18. The van der Waals surface area contributed by atoms with Gasteiger partial charge in [-0.2, -0.15) is 0 Å². The number of likely N-dealkylation sites (tertiary alicyclic amines) is 1. The molecule has 1 fully saturated rings. The fourth-order valence-electron chi connectivity index (χ4n) is 3.00. The molecule has 1 aliphatic heterocycles. The van der Waals surface area contributed by atoms with E-state index in [0.29, 0.717) is 39.0 Å². The summed E-state index contributed by atoms with van der Waals surface area (Å²) in [6.45, 7) is 10.7. The Hall–Kier alpha value is -1.63. The van der Waals surface area contributed by atoms with E-state index >= 15 is 0 Å². The maximum atomic E-state index is 12.7. The Balaban J connectivity index is 2.09. The molecule has 2 rings (SSSR count). The number of esters is 1. The molecule has 2 heterocycles. The van der Waals surface area contributed by atoms with Crippen molar-refractivity contribution in [3.05, 3.63) is 16.1 Å². The number of hydrogen-bond donors (Lipinski definition) is 0. The SMILES string of the molecule is CCOC(=O)C1(Cc2cnc(C)s2)CCN(C(=O)OC(C)(C)C)CC1. The number of ether oxygens (including phenoxy) is 2. The number of carbonyl (C=O) groups excluding carboxylic acids is 2. The fourth-order valence-corrected chi connectivity index (χ4v) is 3.94. The van der Waals surface area contributed by atoms with Crippen molar-refractivity contribution in [2.75, 3.05) is 19.7 Å². The Morgan fingerprint density at radius 1 is 1.32 bits per heavy atom. The Morgan fingerprint density at radius 2 is 1.96 bits per heavy atom. The average Bonchev–Trinajstić information content (AvgIpc) is 2.91. The lowest BCUT2D eigenvalue weighted by Gasteiger charge is -2.40. The van der Waals surface area contributed by atoms with Crippen LogP contribution >= 0.6 is 11.3 Å². The summed E-state index contributed by atoms with van der Waals surface area (Å²) in [4.78, 5) is 32.0. The van der Waals surface area contributed by atoms with Crippen LogP contribution in [0.5, 0.6) is 0 Å². The van der Waals surface area contributed by atoms with E-state index in [0.717, 1.165) is 9.88 Å². The molecule has 1 aromatic heterocycles. The van der Waals surface area contributed by atoms with Crippen molar-refractivity contribution in [2.24, 2.45) is 5.41 Å². The van der Waals surface area contributed by atoms with Crippen LogP contribution in [0.4, 0.5) is 4.79 Å². The maximum Gasteiger partial charge on any atom is 0.410 e. The maximum absolute atomic E-state index is 12.7. The Labute approximate surface area is 153 Å². The number of piperidine rings is 1. The van der Waals surface area contributed by atoms with Crippen LogP contribution in [-0.2, 0) is 20.7 Å². The molecule has 7 heteroatoms. The lowest BCUT2D eigenvalue weighted by atomic mass is 9.75. The standard InChI is InChI=1S/C18H28N2O4S/c1-6-23-15(21)18(11-14-12-19-13(2)25-14)7-9-20(10-8-18)16(22)24-17(3,4)5/h12H,6-11H2,1-5H3. The highest BCUT2D eigenvalue weighted by Gasteiger charge is 2.44. The minimum atomic E-state index is -0.590. The van der Waals surface area contributed by atoms with E-state index in [1.807, 2.05) is 40.8 Å². The molecule has 0 spiro atoms. The van der Waals surface area contributed by atoms with E-state index in [4.69, 9.17) is 9.47 Å². The van der Waals surface area contributed by atoms with Gasteiger partial charge < -0.3 is 14.4 Å². The van der Waals surface area contributed by atoms with Gasteiger partial charge in [-0.05, 0) is 53.9 Å². The van der Waals surface area contributed by atoms with Crippen molar-refractivity contribution in [3.8, 4) is 0 Å². The molecule has 0 atom stereocenters. The number of nitrogens with zero attached hydrogens (tertiary/aromatic N) is 2. The van der Waals surface area contributed by atoms with Gasteiger partial charge in [-0.1, -0.05) is 0 Å². The summed E-state index contributed by atoms with van der Waals surface area (Å²) in [5, 5.41) is 0.986. The van der Waals surface area contributed by atoms with Crippen LogP contribution in [-0.4, -0.2) is 47.2 Å². The number of thiazole rings is 1. The zero-order chi connectivity index (χ0) is 18.7. The number of aromatic nitrogens is 1. The van der Waals surface area contributed by atoms with Gasteiger partial charge >= 0.3 is 12.1 Å². The lowest BCUT2D eigenvalue weighted by Crippen LogP contribution is -2.49. The van der Waals surface area contributed by atoms with Gasteiger partial charge in [0.05, 0.1) is 17.0 Å². The van der Waals surface area contributed by atoms with Crippen molar-refractivity contribution in [2.45, 2.75) is 59.5 Å². The van der Waals surface area contributed by atoms with Crippen LogP contribution in [0.3, 0.4) is 0 Å². The van der Waals surface area contributed by atoms with Gasteiger partial charge in [-0.3, -0.25) is 4.79 Å². The minimum Gasteiger partial charge on any atom is -0.466 e. The molecule has 0 N–H and O–H groups in total. The second-order valence-corrected chi connectivity index (χ2v) is 8.81. The molecule has 0 aromatic carbocycles. The molecule has 0 bridgehead atoms. The van der Waals surface area contributed by atoms with Crippen molar-refractivity contribution in [1.29, 1.82) is 0 Å². The van der Waals surface area contributed by atoms with Crippen molar-refractivity contribution >= 4 is 23.4 Å². The molecule has 140 valence electrons. The van der Waals surface area contributed by atoms with Gasteiger partial charge in [0.15, 0.2) is 0 Å². The molecular formula is C18H28N2O4S. The molecule has 1 amide bonds. The third-order valence-electron chi connectivity index (χ3n) is 4.26. The molecule has 0 radical (unpaired) electrons. The highest BCUT2D eigenvalue weighted by atomic mass is 32.1. The van der Waals surface area contributed by atoms with E-state index < -0.39 is 11.0 Å². The monoisotopic (exact) mass is 368 g/mol. The van der Waals surface area contributed by atoms with Gasteiger partial charge in [-0.25, -0.2) is 9.78 Å². The summed E-state index contributed by atoms with van der Waals surface area (Å²) in [6, 6.07) is 0. The van der Waals surface area contributed by atoms with Crippen molar-refractivity contribution < 1.29 is 19.1 Å². The van der Waals surface area contributed by atoms with Crippen LogP contribution in [0.15, 0.2) is 6.20 Å². The summed E-state index contributed by atoms with van der Waals surface area (Å²) < 4.78 is 10.8. The van der Waals surface area contributed by atoms with Crippen LogP contribution < -0.4 is 0 Å². The summed E-state index contributed by atoms with van der Waals surface area (Å²) in [5.41, 5.74) is -1.11. The largest absolute Gasteiger partial charge is 0.466 e. The van der Waals surface area contributed by atoms with Gasteiger partial charge in [0.1, 0.15) is 5.60 Å². The van der Waals surface area contributed by atoms with E-state index in [1.165, 1.54) is 0 Å². The summed E-state index contributed by atoms with van der Waals surface area (Å²) in [5.74, 6) is -0.176. The van der Waals surface area contributed by atoms with E-state index in [1.54, 1.807) is 16.2 Å². The van der Waals surface area contributed by atoms with Crippen molar-refractivity contribution in [3.63, 3.8) is 0 Å². The quantitative estimate of drug-likeness (QED) is 0.760. The number of carbonyl (C=O) groups is 2. The second-order valence-electron chi connectivity index (χ2n) is 7.49.